The standard InChI is InChI=1S/C22H13B2F3N4O/c23-22-20-14(4-2-6-28-20)21(32)31(22)10-16-17(24(22)27)7-12(8-18(16)26)13-3-1-5-19-15(13)9-30(11-25)29-19/h1-9H,10-11H2. The van der Waals surface area contributed by atoms with Gasteiger partial charge in [0, 0.05) is 29.9 Å². The van der Waals surface area contributed by atoms with Crippen LogP contribution in [0.25, 0.3) is 22.0 Å². The number of carbonyl (C=O) groups excluding carboxylic acids is 1. The van der Waals surface area contributed by atoms with Crippen molar-refractivity contribution in [3.63, 3.8) is 0 Å². The van der Waals surface area contributed by atoms with Crippen molar-refractivity contribution in [1.82, 2.24) is 19.7 Å². The summed E-state index contributed by atoms with van der Waals surface area (Å²) in [5, 5.41) is 2.92. The van der Waals surface area contributed by atoms with Crippen LogP contribution in [-0.2, 0) is 18.7 Å². The molecule has 32 heavy (non-hydrogen) atoms. The second kappa shape index (κ2) is 6.48. The number of aromatic nitrogens is 3. The summed E-state index contributed by atoms with van der Waals surface area (Å²) < 4.78 is 45.5. The van der Waals surface area contributed by atoms with Gasteiger partial charge in [-0.3, -0.25) is 9.78 Å². The van der Waals surface area contributed by atoms with E-state index in [2.05, 4.69) is 10.1 Å². The fraction of sp³-hybridized carbons (Fsp3) is 0.136. The zero-order chi connectivity index (χ0) is 22.2. The van der Waals surface area contributed by atoms with E-state index in [1.54, 1.807) is 36.4 Å². The summed E-state index contributed by atoms with van der Waals surface area (Å²) in [6.45, 7) is -2.86. The van der Waals surface area contributed by atoms with Crippen LogP contribution in [-0.4, -0.2) is 40.4 Å². The maximum absolute atomic E-state index is 16.0. The summed E-state index contributed by atoms with van der Waals surface area (Å²) in [6.07, 6.45) is 2.98. The van der Waals surface area contributed by atoms with E-state index in [0.29, 0.717) is 22.0 Å². The molecule has 4 heterocycles. The van der Waals surface area contributed by atoms with Gasteiger partial charge in [-0.1, -0.05) is 18.2 Å². The minimum Gasteiger partial charge on any atom is -0.335 e. The summed E-state index contributed by atoms with van der Waals surface area (Å²) in [6, 6.07) is 11.1. The largest absolute Gasteiger partial charge is 0.404 e. The van der Waals surface area contributed by atoms with Crippen LogP contribution in [0.3, 0.4) is 0 Å². The van der Waals surface area contributed by atoms with Crippen molar-refractivity contribution in [1.29, 1.82) is 0 Å². The number of amides is 1. The molecule has 2 aliphatic heterocycles. The maximum atomic E-state index is 16.0. The van der Waals surface area contributed by atoms with Gasteiger partial charge in [0.05, 0.1) is 22.1 Å². The lowest BCUT2D eigenvalue weighted by Gasteiger charge is -2.42. The first-order valence-corrected chi connectivity index (χ1v) is 9.98. The van der Waals surface area contributed by atoms with E-state index in [9.17, 15) is 9.18 Å². The third-order valence-corrected chi connectivity index (χ3v) is 6.35. The molecule has 4 aromatic rings. The molecule has 0 fully saturated rings. The molecule has 1 atom stereocenters. The van der Waals surface area contributed by atoms with E-state index in [1.807, 2.05) is 0 Å². The van der Waals surface area contributed by atoms with Gasteiger partial charge in [-0.15, -0.1) is 0 Å². The van der Waals surface area contributed by atoms with Crippen molar-refractivity contribution in [2.24, 2.45) is 0 Å². The number of hydrogen-bond acceptors (Lipinski definition) is 3. The minimum atomic E-state index is -1.89. The quantitative estimate of drug-likeness (QED) is 0.462. The predicted molar refractivity (Wildman–Crippen MR) is 114 cm³/mol. The summed E-state index contributed by atoms with van der Waals surface area (Å²) in [5.41, 5.74) is 2.04. The molecule has 0 saturated heterocycles. The number of pyridine rings is 1. The number of halogens is 3. The van der Waals surface area contributed by atoms with Crippen LogP contribution >= 0.6 is 0 Å². The van der Waals surface area contributed by atoms with Crippen LogP contribution in [0, 0.1) is 5.82 Å². The molecular weight excluding hydrogens is 415 g/mol. The maximum Gasteiger partial charge on any atom is 0.404 e. The van der Waals surface area contributed by atoms with Gasteiger partial charge in [0.2, 0.25) is 0 Å². The molecule has 0 aliphatic carbocycles. The van der Waals surface area contributed by atoms with E-state index in [-0.39, 0.29) is 28.8 Å². The van der Waals surface area contributed by atoms with Crippen LogP contribution in [0.4, 0.5) is 13.1 Å². The number of hydrogen-bond donors (Lipinski definition) is 0. The van der Waals surface area contributed by atoms with E-state index in [0.717, 1.165) is 9.58 Å². The summed E-state index contributed by atoms with van der Waals surface area (Å²) in [5.74, 6) is -1.12. The van der Waals surface area contributed by atoms with Gasteiger partial charge in [-0.05, 0) is 40.9 Å². The molecule has 0 N–H and O–H groups in total. The van der Waals surface area contributed by atoms with Gasteiger partial charge < -0.3 is 9.22 Å². The Morgan fingerprint density at radius 1 is 1.19 bits per heavy atom. The molecule has 0 spiro atoms. The Morgan fingerprint density at radius 2 is 2.00 bits per heavy atom. The zero-order valence-corrected chi connectivity index (χ0v) is 16.6. The smallest absolute Gasteiger partial charge is 0.335 e. The van der Waals surface area contributed by atoms with Crippen LogP contribution in [0.2, 0.25) is 0 Å². The molecule has 2 aromatic heterocycles. The number of fused-ring (bicyclic) bond motifs is 5. The van der Waals surface area contributed by atoms with Crippen molar-refractivity contribution in [2.45, 2.75) is 18.7 Å². The molecule has 10 heteroatoms. The van der Waals surface area contributed by atoms with Crippen molar-refractivity contribution >= 4 is 37.1 Å². The molecular formula is C22H13B2F3N4O. The first kappa shape index (κ1) is 19.2. The fourth-order valence-corrected chi connectivity index (χ4v) is 4.80. The highest BCUT2D eigenvalue weighted by Gasteiger charge is 2.58. The van der Waals surface area contributed by atoms with Gasteiger partial charge in [-0.25, -0.2) is 13.5 Å². The molecule has 2 radical (unpaired) electrons. The lowest BCUT2D eigenvalue weighted by molar-refractivity contribution is 0.0715. The Kier molecular flexibility index (Phi) is 3.88. The summed E-state index contributed by atoms with van der Waals surface area (Å²) in [4.78, 5) is 18.2. The van der Waals surface area contributed by atoms with Gasteiger partial charge in [0.15, 0.2) is 6.80 Å². The first-order valence-electron chi connectivity index (χ1n) is 9.98. The van der Waals surface area contributed by atoms with E-state index < -0.39 is 30.9 Å². The summed E-state index contributed by atoms with van der Waals surface area (Å²) in [7, 11) is 6.47. The SMILES string of the molecule is [B]C12B(F)c3cc(-c4cccc5nn(CF)cc45)cc(F)c3CN1C(=O)c1cccnc12. The molecule has 5 nitrogen and oxygen atoms in total. The molecule has 1 amide bonds. The number of carbonyl (C=O) groups is 1. The normalized spacial score (nSPS) is 19.3. The zero-order valence-electron chi connectivity index (χ0n) is 16.6. The predicted octanol–water partition coefficient (Wildman–Crippen LogP) is 2.86. The molecule has 1 unspecified atom stereocenters. The molecule has 2 aromatic carbocycles. The Hall–Kier alpha value is -3.55. The highest BCUT2D eigenvalue weighted by molar-refractivity contribution is 6.77. The third kappa shape index (κ3) is 2.35. The number of nitrogens with zero attached hydrogens (tertiary/aromatic N) is 4. The molecule has 2 aliphatic rings. The second-order valence-corrected chi connectivity index (χ2v) is 8.03. The third-order valence-electron chi connectivity index (χ3n) is 6.35. The first-order chi connectivity index (χ1) is 15.4. The molecule has 154 valence electrons. The van der Waals surface area contributed by atoms with Crippen LogP contribution < -0.4 is 5.46 Å². The average molecular weight is 428 g/mol. The molecule has 0 saturated carbocycles. The van der Waals surface area contributed by atoms with Gasteiger partial charge in [0.1, 0.15) is 13.7 Å². The van der Waals surface area contributed by atoms with Gasteiger partial charge >= 0.3 is 6.99 Å². The van der Waals surface area contributed by atoms with E-state index in [4.69, 9.17) is 7.85 Å². The number of alkyl halides is 1. The highest BCUT2D eigenvalue weighted by Crippen LogP contribution is 2.42. The van der Waals surface area contributed by atoms with E-state index in [1.165, 1.54) is 18.5 Å². The number of rotatable bonds is 2. The van der Waals surface area contributed by atoms with Crippen molar-refractivity contribution in [2.75, 3.05) is 0 Å². The van der Waals surface area contributed by atoms with Crippen molar-refractivity contribution in [3.8, 4) is 11.1 Å². The Balaban J connectivity index is 1.55. The van der Waals surface area contributed by atoms with Crippen LogP contribution in [0.1, 0.15) is 21.6 Å². The Labute approximate surface area is 182 Å². The fourth-order valence-electron chi connectivity index (χ4n) is 4.80. The monoisotopic (exact) mass is 428 g/mol. The topological polar surface area (TPSA) is 51.0 Å². The molecule has 0 bridgehead atoms. The second-order valence-electron chi connectivity index (χ2n) is 8.03. The Bertz CT molecular complexity index is 1440. The lowest BCUT2D eigenvalue weighted by Crippen LogP contribution is -2.63. The van der Waals surface area contributed by atoms with E-state index >= 15 is 8.71 Å². The van der Waals surface area contributed by atoms with Crippen molar-refractivity contribution in [3.05, 3.63) is 77.5 Å². The van der Waals surface area contributed by atoms with Crippen LogP contribution in [0.5, 0.6) is 0 Å². The minimum absolute atomic E-state index is 0.0694. The van der Waals surface area contributed by atoms with Crippen LogP contribution in [0.15, 0.2) is 54.9 Å². The molecule has 6 rings (SSSR count). The van der Waals surface area contributed by atoms with Gasteiger partial charge in [-0.2, -0.15) is 5.10 Å². The lowest BCUT2D eigenvalue weighted by atomic mass is 9.37. The van der Waals surface area contributed by atoms with Gasteiger partial charge in [0.25, 0.3) is 5.91 Å². The van der Waals surface area contributed by atoms with Crippen molar-refractivity contribution < 1.29 is 17.9 Å². The average Bonchev–Trinajstić information content (AvgIpc) is 3.33. The Morgan fingerprint density at radius 3 is 2.81 bits per heavy atom. The number of benzene rings is 2. The summed E-state index contributed by atoms with van der Waals surface area (Å²) >= 11 is 0. The highest BCUT2D eigenvalue weighted by atomic mass is 19.1.